The van der Waals surface area contributed by atoms with Gasteiger partial charge in [0.1, 0.15) is 0 Å². The molecular formula is C21H32N2. The molecule has 2 nitrogen and oxygen atoms in total. The summed E-state index contributed by atoms with van der Waals surface area (Å²) in [5, 5.41) is 2.27. The third-order valence-corrected chi connectivity index (χ3v) is 5.05. The summed E-state index contributed by atoms with van der Waals surface area (Å²) in [7, 11) is 2.16. The number of allylic oxidation sites excluding steroid dienone is 2. The second kappa shape index (κ2) is 8.35. The molecule has 23 heavy (non-hydrogen) atoms. The van der Waals surface area contributed by atoms with E-state index in [1.54, 1.807) is 0 Å². The number of rotatable bonds is 6. The highest BCUT2D eigenvalue weighted by Gasteiger charge is 2.17. The zero-order valence-electron chi connectivity index (χ0n) is 15.3. The quantitative estimate of drug-likeness (QED) is 0.570. The number of hydrogen-bond acceptors (Lipinski definition) is 2. The predicted octanol–water partition coefficient (Wildman–Crippen LogP) is 5.24. The number of nitrogens with one attached hydrogen (secondary N) is 1. The van der Waals surface area contributed by atoms with Gasteiger partial charge in [0.15, 0.2) is 0 Å². The highest BCUT2D eigenvalue weighted by atomic mass is 15.5. The maximum absolute atomic E-state index is 4.34. The molecule has 0 spiro atoms. The van der Waals surface area contributed by atoms with Crippen molar-refractivity contribution in [3.05, 3.63) is 53.2 Å². The van der Waals surface area contributed by atoms with Crippen molar-refractivity contribution < 1.29 is 0 Å². The number of benzene rings is 1. The highest BCUT2D eigenvalue weighted by molar-refractivity contribution is 5.78. The van der Waals surface area contributed by atoms with E-state index >= 15 is 0 Å². The zero-order chi connectivity index (χ0) is 16.8. The van der Waals surface area contributed by atoms with Gasteiger partial charge in [0.05, 0.1) is 0 Å². The minimum absolute atomic E-state index is 0.659. The number of nitrogens with zero attached hydrogens (tertiary/aromatic N) is 1. The Balaban J connectivity index is 2.05. The molecule has 1 N–H and O–H groups in total. The zero-order valence-corrected chi connectivity index (χ0v) is 15.3. The molecule has 0 unspecified atom stereocenters. The van der Waals surface area contributed by atoms with Crippen molar-refractivity contribution in [2.24, 2.45) is 0 Å². The fourth-order valence-corrected chi connectivity index (χ4v) is 3.35. The van der Waals surface area contributed by atoms with Crippen LogP contribution < -0.4 is 5.43 Å². The summed E-state index contributed by atoms with van der Waals surface area (Å²) in [5.41, 5.74) is 9.73. The molecule has 0 radical (unpaired) electrons. The van der Waals surface area contributed by atoms with Crippen LogP contribution in [0.4, 0.5) is 0 Å². The van der Waals surface area contributed by atoms with Crippen LogP contribution in [0.15, 0.2) is 36.6 Å². The maximum Gasteiger partial charge on any atom is 0.0287 e. The minimum atomic E-state index is 0.659. The molecule has 1 fully saturated rings. The van der Waals surface area contributed by atoms with Gasteiger partial charge in [-0.3, -0.25) is 0 Å². The van der Waals surface area contributed by atoms with Gasteiger partial charge in [-0.15, -0.1) is 0 Å². The van der Waals surface area contributed by atoms with Crippen LogP contribution >= 0.6 is 0 Å². The molecule has 0 bridgehead atoms. The van der Waals surface area contributed by atoms with E-state index in [9.17, 15) is 0 Å². The maximum atomic E-state index is 4.34. The second-order valence-corrected chi connectivity index (χ2v) is 6.85. The lowest BCUT2D eigenvalue weighted by Crippen LogP contribution is -2.41. The lowest BCUT2D eigenvalue weighted by atomic mass is 9.93. The Morgan fingerprint density at radius 3 is 2.65 bits per heavy atom. The van der Waals surface area contributed by atoms with Crippen LogP contribution in [0, 0.1) is 6.92 Å². The predicted molar refractivity (Wildman–Crippen MR) is 101 cm³/mol. The largest absolute Gasteiger partial charge is 0.326 e. The smallest absolute Gasteiger partial charge is 0.0287 e. The number of hydrogen-bond donors (Lipinski definition) is 1. The molecule has 1 aromatic rings. The molecule has 0 atom stereocenters. The monoisotopic (exact) mass is 312 g/mol. The average Bonchev–Trinajstić information content (AvgIpc) is 2.59. The van der Waals surface area contributed by atoms with Gasteiger partial charge in [-0.2, -0.15) is 0 Å². The molecule has 0 heterocycles. The number of hydrazine groups is 1. The molecule has 0 aromatic heterocycles. The van der Waals surface area contributed by atoms with Crippen molar-refractivity contribution in [1.29, 1.82) is 0 Å². The van der Waals surface area contributed by atoms with Crippen LogP contribution in [-0.4, -0.2) is 18.1 Å². The first-order valence-corrected chi connectivity index (χ1v) is 8.98. The van der Waals surface area contributed by atoms with Crippen molar-refractivity contribution in [2.75, 3.05) is 7.05 Å². The van der Waals surface area contributed by atoms with Crippen LogP contribution in [-0.2, 0) is 6.42 Å². The molecule has 1 aliphatic rings. The van der Waals surface area contributed by atoms with Crippen molar-refractivity contribution >= 4 is 5.57 Å². The lowest BCUT2D eigenvalue weighted by Gasteiger charge is -2.31. The fourth-order valence-electron chi connectivity index (χ4n) is 3.35. The molecule has 126 valence electrons. The van der Waals surface area contributed by atoms with Crippen LogP contribution in [0.25, 0.3) is 5.57 Å². The first-order chi connectivity index (χ1) is 11.0. The van der Waals surface area contributed by atoms with Crippen molar-refractivity contribution in [2.45, 2.75) is 65.3 Å². The lowest BCUT2D eigenvalue weighted by molar-refractivity contribution is 0.152. The van der Waals surface area contributed by atoms with Crippen LogP contribution in [0.3, 0.4) is 0 Å². The van der Waals surface area contributed by atoms with Crippen LogP contribution in [0.2, 0.25) is 0 Å². The van der Waals surface area contributed by atoms with E-state index < -0.39 is 0 Å². The highest BCUT2D eigenvalue weighted by Crippen LogP contribution is 2.26. The minimum Gasteiger partial charge on any atom is -0.326 e. The van der Waals surface area contributed by atoms with E-state index in [0.29, 0.717) is 6.04 Å². The van der Waals surface area contributed by atoms with Gasteiger partial charge >= 0.3 is 0 Å². The first-order valence-electron chi connectivity index (χ1n) is 8.98. The van der Waals surface area contributed by atoms with E-state index in [1.165, 1.54) is 54.4 Å². The summed E-state index contributed by atoms with van der Waals surface area (Å²) in [5.74, 6) is 0. The second-order valence-electron chi connectivity index (χ2n) is 6.85. The summed E-state index contributed by atoms with van der Waals surface area (Å²) in [4.78, 5) is 0. The Hall–Kier alpha value is -1.54. The molecule has 0 amide bonds. The van der Waals surface area contributed by atoms with Crippen molar-refractivity contribution in [1.82, 2.24) is 10.4 Å². The Bertz CT molecular complexity index is 565. The Labute approximate surface area is 142 Å². The topological polar surface area (TPSA) is 15.3 Å². The van der Waals surface area contributed by atoms with Crippen molar-refractivity contribution in [3.63, 3.8) is 0 Å². The number of aryl methyl sites for hydroxylation is 2. The molecule has 0 saturated heterocycles. The summed E-state index contributed by atoms with van der Waals surface area (Å²) in [6.45, 7) is 10.8. The third-order valence-electron chi connectivity index (χ3n) is 5.05. The molecule has 2 heteroatoms. The summed E-state index contributed by atoms with van der Waals surface area (Å²) in [6.07, 6.45) is 9.86. The van der Waals surface area contributed by atoms with E-state index in [1.807, 2.05) is 0 Å². The fraction of sp³-hybridized carbons (Fsp3) is 0.524. The van der Waals surface area contributed by atoms with Crippen LogP contribution in [0.1, 0.15) is 62.6 Å². The molecule has 1 aromatic carbocycles. The Kier molecular flexibility index (Phi) is 6.47. The van der Waals surface area contributed by atoms with Gasteiger partial charge < -0.3 is 5.43 Å². The van der Waals surface area contributed by atoms with Gasteiger partial charge in [-0.05, 0) is 55.4 Å². The van der Waals surface area contributed by atoms with E-state index in [0.717, 1.165) is 12.0 Å². The average molecular weight is 313 g/mol. The van der Waals surface area contributed by atoms with Crippen LogP contribution in [0.5, 0.6) is 0 Å². The molecule has 2 rings (SSSR count). The molecule has 1 saturated carbocycles. The molecular weight excluding hydrogens is 280 g/mol. The third kappa shape index (κ3) is 4.71. The van der Waals surface area contributed by atoms with Gasteiger partial charge in [-0.1, -0.05) is 56.5 Å². The molecule has 0 aliphatic heterocycles. The normalized spacial score (nSPS) is 16.7. The first kappa shape index (κ1) is 17.8. The standard InChI is InChI=1S/C21H32N2/c1-6-19-13-12-16(2)14-21(19)18(4)17(3)15-22-23(5)20-10-8-7-9-11-20/h12-15,20,22H,4,6-11H2,1-3,5H3/b17-15-. The van der Waals surface area contributed by atoms with Gasteiger partial charge in [0.25, 0.3) is 0 Å². The Morgan fingerprint density at radius 1 is 1.30 bits per heavy atom. The van der Waals surface area contributed by atoms with E-state index in [2.05, 4.69) is 69.2 Å². The molecule has 1 aliphatic carbocycles. The van der Waals surface area contributed by atoms with Crippen molar-refractivity contribution in [3.8, 4) is 0 Å². The van der Waals surface area contributed by atoms with E-state index in [-0.39, 0.29) is 0 Å². The summed E-state index contributed by atoms with van der Waals surface area (Å²) >= 11 is 0. The Morgan fingerprint density at radius 2 is 2.00 bits per heavy atom. The SMILES string of the molecule is C=C(/C(C)=C\NN(C)C1CCCCC1)c1cc(C)ccc1CC. The van der Waals surface area contributed by atoms with Gasteiger partial charge in [0.2, 0.25) is 0 Å². The van der Waals surface area contributed by atoms with Gasteiger partial charge in [0, 0.05) is 19.3 Å². The van der Waals surface area contributed by atoms with Gasteiger partial charge in [-0.25, -0.2) is 5.01 Å². The van der Waals surface area contributed by atoms with E-state index in [4.69, 9.17) is 0 Å². The summed E-state index contributed by atoms with van der Waals surface area (Å²) in [6, 6.07) is 7.32. The summed E-state index contributed by atoms with van der Waals surface area (Å²) < 4.78 is 0.